The zero-order valence-electron chi connectivity index (χ0n) is 7.44. The molecule has 0 heterocycles. The lowest BCUT2D eigenvalue weighted by Gasteiger charge is -2.02. The van der Waals surface area contributed by atoms with E-state index in [1.54, 1.807) is 18.2 Å². The second-order valence-electron chi connectivity index (χ2n) is 2.52. The summed E-state index contributed by atoms with van der Waals surface area (Å²) >= 11 is 5.68. The molecule has 0 aliphatic heterocycles. The van der Waals surface area contributed by atoms with Crippen LogP contribution in [0.4, 0.5) is 5.69 Å². The van der Waals surface area contributed by atoms with E-state index >= 15 is 0 Å². The van der Waals surface area contributed by atoms with Crippen LogP contribution in [-0.2, 0) is 4.79 Å². The van der Waals surface area contributed by atoms with Crippen molar-refractivity contribution in [3.05, 3.63) is 29.3 Å². The summed E-state index contributed by atoms with van der Waals surface area (Å²) in [5.74, 6) is -0.790. The van der Waals surface area contributed by atoms with E-state index in [4.69, 9.17) is 22.1 Å². The van der Waals surface area contributed by atoms with Crippen molar-refractivity contribution in [1.82, 2.24) is 0 Å². The number of rotatable bonds is 2. The molecule has 0 aliphatic carbocycles. The molecule has 0 atom stereocenters. The SMILES string of the molecule is N#CC(=NO)C(=O)Nc1cccc(Cl)c1. The number of nitriles is 1. The normalized spacial score (nSPS) is 10.5. The zero-order valence-corrected chi connectivity index (χ0v) is 8.19. The minimum Gasteiger partial charge on any atom is -0.410 e. The Kier molecular flexibility index (Phi) is 3.66. The first-order valence-corrected chi connectivity index (χ1v) is 4.24. The molecule has 6 heteroatoms. The summed E-state index contributed by atoms with van der Waals surface area (Å²) in [6.07, 6.45) is 0. The average molecular weight is 224 g/mol. The molecule has 0 radical (unpaired) electrons. The predicted molar refractivity (Wildman–Crippen MR) is 54.9 cm³/mol. The van der Waals surface area contributed by atoms with Gasteiger partial charge in [-0.2, -0.15) is 5.26 Å². The molecule has 5 nitrogen and oxygen atoms in total. The summed E-state index contributed by atoms with van der Waals surface area (Å²) in [7, 11) is 0. The molecule has 0 bridgehead atoms. The lowest BCUT2D eigenvalue weighted by molar-refractivity contribution is -0.110. The molecular weight excluding hydrogens is 218 g/mol. The van der Waals surface area contributed by atoms with E-state index in [0.717, 1.165) is 0 Å². The molecule has 76 valence electrons. The van der Waals surface area contributed by atoms with Crippen molar-refractivity contribution in [1.29, 1.82) is 5.26 Å². The Bertz CT molecular complexity index is 451. The highest BCUT2D eigenvalue weighted by Gasteiger charge is 2.11. The minimum absolute atomic E-state index is 0.420. The van der Waals surface area contributed by atoms with Crippen LogP contribution in [0.25, 0.3) is 0 Å². The Hall–Kier alpha value is -2.06. The molecule has 0 fully saturated rings. The Morgan fingerprint density at radius 1 is 1.60 bits per heavy atom. The van der Waals surface area contributed by atoms with Gasteiger partial charge in [0.15, 0.2) is 0 Å². The standard InChI is InChI=1S/C9H6ClN3O2/c10-6-2-1-3-7(4-6)12-9(14)8(5-11)13-15/h1-4,15H,(H,12,14). The molecule has 1 rings (SSSR count). The van der Waals surface area contributed by atoms with Gasteiger partial charge in [0.25, 0.3) is 5.91 Å². The van der Waals surface area contributed by atoms with Crippen LogP contribution in [0.5, 0.6) is 0 Å². The van der Waals surface area contributed by atoms with Gasteiger partial charge in [0, 0.05) is 10.7 Å². The third-order valence-electron chi connectivity index (χ3n) is 1.50. The lowest BCUT2D eigenvalue weighted by Crippen LogP contribution is -2.21. The first-order chi connectivity index (χ1) is 7.17. The number of nitrogens with zero attached hydrogens (tertiary/aromatic N) is 2. The van der Waals surface area contributed by atoms with Crippen molar-refractivity contribution in [2.75, 3.05) is 5.32 Å². The third kappa shape index (κ3) is 2.97. The Labute approximate surface area is 90.6 Å². The van der Waals surface area contributed by atoms with Crippen LogP contribution in [0.2, 0.25) is 5.02 Å². The number of hydrogen-bond donors (Lipinski definition) is 2. The Morgan fingerprint density at radius 2 is 2.33 bits per heavy atom. The zero-order chi connectivity index (χ0) is 11.3. The number of carbonyl (C=O) groups excluding carboxylic acids is 1. The molecule has 1 aromatic rings. The number of oxime groups is 1. The summed E-state index contributed by atoms with van der Waals surface area (Å²) in [5, 5.41) is 22.0. The van der Waals surface area contributed by atoms with E-state index in [2.05, 4.69) is 10.5 Å². The van der Waals surface area contributed by atoms with E-state index in [0.29, 0.717) is 10.7 Å². The number of carbonyl (C=O) groups is 1. The molecule has 2 N–H and O–H groups in total. The van der Waals surface area contributed by atoms with Crippen molar-refractivity contribution in [2.24, 2.45) is 5.16 Å². The molecule has 0 unspecified atom stereocenters. The topological polar surface area (TPSA) is 85.5 Å². The van der Waals surface area contributed by atoms with Crippen LogP contribution < -0.4 is 5.32 Å². The van der Waals surface area contributed by atoms with E-state index in [-0.39, 0.29) is 0 Å². The number of hydrogen-bond acceptors (Lipinski definition) is 4. The summed E-state index contributed by atoms with van der Waals surface area (Å²) < 4.78 is 0. The molecule has 15 heavy (non-hydrogen) atoms. The van der Waals surface area contributed by atoms with Gasteiger partial charge in [-0.1, -0.05) is 22.8 Å². The maximum Gasteiger partial charge on any atom is 0.288 e. The number of halogens is 1. The third-order valence-corrected chi connectivity index (χ3v) is 1.74. The average Bonchev–Trinajstić information content (AvgIpc) is 2.19. The van der Waals surface area contributed by atoms with Gasteiger partial charge in [-0.25, -0.2) is 0 Å². The van der Waals surface area contributed by atoms with Crippen molar-refractivity contribution in [3.63, 3.8) is 0 Å². The first-order valence-electron chi connectivity index (χ1n) is 3.86. The van der Waals surface area contributed by atoms with Gasteiger partial charge in [-0.3, -0.25) is 4.79 Å². The molecule has 0 saturated carbocycles. The molecule has 0 aliphatic rings. The van der Waals surface area contributed by atoms with Gasteiger partial charge < -0.3 is 10.5 Å². The van der Waals surface area contributed by atoms with Crippen LogP contribution in [0.15, 0.2) is 29.4 Å². The number of amides is 1. The fraction of sp³-hybridized carbons (Fsp3) is 0. The number of anilines is 1. The number of nitrogens with one attached hydrogen (secondary N) is 1. The van der Waals surface area contributed by atoms with E-state index in [9.17, 15) is 4.79 Å². The summed E-state index contributed by atoms with van der Waals surface area (Å²) in [5.41, 5.74) is -0.195. The fourth-order valence-corrected chi connectivity index (χ4v) is 1.07. The molecule has 0 spiro atoms. The smallest absolute Gasteiger partial charge is 0.288 e. The van der Waals surface area contributed by atoms with Crippen LogP contribution in [0.1, 0.15) is 0 Å². The molecule has 0 aromatic heterocycles. The van der Waals surface area contributed by atoms with E-state index in [1.807, 2.05) is 0 Å². The van der Waals surface area contributed by atoms with Crippen LogP contribution in [0.3, 0.4) is 0 Å². The molecular formula is C9H6ClN3O2. The van der Waals surface area contributed by atoms with Crippen molar-refractivity contribution in [3.8, 4) is 6.07 Å². The Balaban J connectivity index is 2.80. The van der Waals surface area contributed by atoms with Crippen LogP contribution in [0, 0.1) is 11.3 Å². The van der Waals surface area contributed by atoms with Crippen molar-refractivity contribution < 1.29 is 10.0 Å². The number of benzene rings is 1. The summed E-state index contributed by atoms with van der Waals surface area (Å²) in [4.78, 5) is 11.2. The van der Waals surface area contributed by atoms with Gasteiger partial charge in [0.05, 0.1) is 0 Å². The van der Waals surface area contributed by atoms with E-state index in [1.165, 1.54) is 12.1 Å². The van der Waals surface area contributed by atoms with Gasteiger partial charge in [0.2, 0.25) is 5.71 Å². The fourth-order valence-electron chi connectivity index (χ4n) is 0.875. The molecule has 1 aromatic carbocycles. The van der Waals surface area contributed by atoms with E-state index < -0.39 is 11.6 Å². The maximum atomic E-state index is 11.2. The first kappa shape index (κ1) is 11.0. The second-order valence-corrected chi connectivity index (χ2v) is 2.96. The second kappa shape index (κ2) is 4.98. The van der Waals surface area contributed by atoms with Gasteiger partial charge in [-0.15, -0.1) is 0 Å². The monoisotopic (exact) mass is 223 g/mol. The highest BCUT2D eigenvalue weighted by Crippen LogP contribution is 2.14. The highest BCUT2D eigenvalue weighted by atomic mass is 35.5. The lowest BCUT2D eigenvalue weighted by atomic mass is 10.3. The Morgan fingerprint density at radius 3 is 2.87 bits per heavy atom. The van der Waals surface area contributed by atoms with Crippen molar-refractivity contribution >= 4 is 28.9 Å². The van der Waals surface area contributed by atoms with Gasteiger partial charge >= 0.3 is 0 Å². The molecule has 0 saturated heterocycles. The van der Waals surface area contributed by atoms with Crippen LogP contribution >= 0.6 is 11.6 Å². The molecule has 1 amide bonds. The summed E-state index contributed by atoms with van der Waals surface area (Å²) in [6.45, 7) is 0. The largest absolute Gasteiger partial charge is 0.410 e. The highest BCUT2D eigenvalue weighted by molar-refractivity contribution is 6.48. The van der Waals surface area contributed by atoms with Gasteiger partial charge in [0.1, 0.15) is 6.07 Å². The summed E-state index contributed by atoms with van der Waals surface area (Å²) in [6, 6.07) is 7.82. The van der Waals surface area contributed by atoms with Crippen LogP contribution in [-0.4, -0.2) is 16.8 Å². The predicted octanol–water partition coefficient (Wildman–Crippen LogP) is 1.63. The minimum atomic E-state index is -0.790. The quantitative estimate of drug-likeness (QED) is 0.454. The van der Waals surface area contributed by atoms with Crippen molar-refractivity contribution in [2.45, 2.75) is 0 Å². The maximum absolute atomic E-state index is 11.2. The van der Waals surface area contributed by atoms with Gasteiger partial charge in [-0.05, 0) is 18.2 Å².